The Bertz CT molecular complexity index is 345. The lowest BCUT2D eigenvalue weighted by atomic mass is 10.2. The highest BCUT2D eigenvalue weighted by atomic mass is 16.1. The molecule has 0 aliphatic heterocycles. The fourth-order valence-corrected chi connectivity index (χ4v) is 1.12. The highest BCUT2D eigenvalue weighted by Gasteiger charge is 2.02. The van der Waals surface area contributed by atoms with E-state index < -0.39 is 0 Å². The maximum absolute atomic E-state index is 11.3. The van der Waals surface area contributed by atoms with E-state index in [2.05, 4.69) is 29.4 Å². The number of hydrogen-bond donors (Lipinski definition) is 2. The number of rotatable bonds is 4. The molecular formula is C10H17N3O. The number of H-pyrrole nitrogens is 1. The van der Waals surface area contributed by atoms with Crippen LogP contribution in [0.5, 0.6) is 0 Å². The van der Waals surface area contributed by atoms with Crippen LogP contribution in [0.4, 0.5) is 0 Å². The summed E-state index contributed by atoms with van der Waals surface area (Å²) in [4.78, 5) is 11.3. The molecule has 0 spiro atoms. The maximum Gasteiger partial charge on any atom is 0.268 e. The van der Waals surface area contributed by atoms with Gasteiger partial charge in [-0.2, -0.15) is 5.10 Å². The second kappa shape index (κ2) is 4.91. The number of aryl methyl sites for hydroxylation is 1. The van der Waals surface area contributed by atoms with E-state index in [0.717, 1.165) is 17.7 Å². The van der Waals surface area contributed by atoms with Crippen molar-refractivity contribution in [1.29, 1.82) is 0 Å². The third-order valence-electron chi connectivity index (χ3n) is 2.26. The van der Waals surface area contributed by atoms with E-state index in [9.17, 15) is 4.79 Å². The van der Waals surface area contributed by atoms with Crippen molar-refractivity contribution >= 4 is 0 Å². The van der Waals surface area contributed by atoms with Crippen molar-refractivity contribution < 1.29 is 0 Å². The summed E-state index contributed by atoms with van der Waals surface area (Å²) in [6.45, 7) is 6.68. The largest absolute Gasteiger partial charge is 0.310 e. The van der Waals surface area contributed by atoms with Crippen LogP contribution in [0.1, 0.15) is 31.5 Å². The van der Waals surface area contributed by atoms with Gasteiger partial charge in [-0.25, -0.2) is 5.10 Å². The molecule has 0 fully saturated rings. The van der Waals surface area contributed by atoms with E-state index >= 15 is 0 Å². The van der Waals surface area contributed by atoms with Gasteiger partial charge >= 0.3 is 0 Å². The summed E-state index contributed by atoms with van der Waals surface area (Å²) in [5.74, 6) is 0. The van der Waals surface area contributed by atoms with Crippen LogP contribution in [0.15, 0.2) is 10.9 Å². The van der Waals surface area contributed by atoms with Crippen LogP contribution in [0.25, 0.3) is 0 Å². The Labute approximate surface area is 83.7 Å². The van der Waals surface area contributed by atoms with E-state index in [4.69, 9.17) is 0 Å². The Morgan fingerprint density at radius 1 is 1.64 bits per heavy atom. The van der Waals surface area contributed by atoms with Crippen molar-refractivity contribution in [3.05, 3.63) is 27.7 Å². The monoisotopic (exact) mass is 195 g/mol. The van der Waals surface area contributed by atoms with Gasteiger partial charge in [0.15, 0.2) is 0 Å². The van der Waals surface area contributed by atoms with Gasteiger partial charge in [-0.05, 0) is 26.3 Å². The zero-order valence-electron chi connectivity index (χ0n) is 8.92. The summed E-state index contributed by atoms with van der Waals surface area (Å²) in [6, 6.07) is 2.25. The summed E-state index contributed by atoms with van der Waals surface area (Å²) in [7, 11) is 0. The molecule has 14 heavy (non-hydrogen) atoms. The third kappa shape index (κ3) is 2.96. The van der Waals surface area contributed by atoms with Gasteiger partial charge in [0.1, 0.15) is 0 Å². The molecular weight excluding hydrogens is 178 g/mol. The molecule has 0 bridgehead atoms. The molecule has 1 aromatic rings. The molecule has 0 aliphatic rings. The molecule has 1 atom stereocenters. The van der Waals surface area contributed by atoms with Crippen LogP contribution < -0.4 is 10.9 Å². The minimum absolute atomic E-state index is 0.105. The fourth-order valence-electron chi connectivity index (χ4n) is 1.12. The topological polar surface area (TPSA) is 57.8 Å². The highest BCUT2D eigenvalue weighted by molar-refractivity contribution is 5.11. The fraction of sp³-hybridized carbons (Fsp3) is 0.600. The van der Waals surface area contributed by atoms with E-state index in [0.29, 0.717) is 12.6 Å². The van der Waals surface area contributed by atoms with Gasteiger partial charge in [-0.15, -0.1) is 0 Å². The van der Waals surface area contributed by atoms with Gasteiger partial charge < -0.3 is 5.32 Å². The summed E-state index contributed by atoms with van der Waals surface area (Å²) < 4.78 is 0. The minimum atomic E-state index is -0.105. The Morgan fingerprint density at radius 3 is 3.00 bits per heavy atom. The summed E-state index contributed by atoms with van der Waals surface area (Å²) in [5, 5.41) is 9.55. The summed E-state index contributed by atoms with van der Waals surface area (Å²) >= 11 is 0. The quantitative estimate of drug-likeness (QED) is 0.752. The van der Waals surface area contributed by atoms with Gasteiger partial charge in [0, 0.05) is 18.2 Å². The van der Waals surface area contributed by atoms with Crippen molar-refractivity contribution in [2.45, 2.75) is 39.8 Å². The molecule has 1 aromatic heterocycles. The standard InChI is InChI=1S/C10H17N3O/c1-4-7(2)11-6-9-5-8(3)12-13-10(9)14/h5,7,11H,4,6H2,1-3H3,(H,13,14). The van der Waals surface area contributed by atoms with Crippen LogP contribution in [0, 0.1) is 6.92 Å². The lowest BCUT2D eigenvalue weighted by Crippen LogP contribution is -2.28. The van der Waals surface area contributed by atoms with Gasteiger partial charge in [0.25, 0.3) is 5.56 Å². The molecule has 1 heterocycles. The van der Waals surface area contributed by atoms with Crippen molar-refractivity contribution in [2.24, 2.45) is 0 Å². The Morgan fingerprint density at radius 2 is 2.36 bits per heavy atom. The van der Waals surface area contributed by atoms with Crippen molar-refractivity contribution in [3.8, 4) is 0 Å². The smallest absolute Gasteiger partial charge is 0.268 e. The van der Waals surface area contributed by atoms with Crippen LogP contribution in [-0.2, 0) is 6.54 Å². The van der Waals surface area contributed by atoms with Gasteiger partial charge in [-0.3, -0.25) is 4.79 Å². The van der Waals surface area contributed by atoms with Crippen molar-refractivity contribution in [3.63, 3.8) is 0 Å². The zero-order chi connectivity index (χ0) is 10.6. The summed E-state index contributed by atoms with van der Waals surface area (Å²) in [6.07, 6.45) is 1.06. The van der Waals surface area contributed by atoms with E-state index in [1.807, 2.05) is 13.0 Å². The zero-order valence-corrected chi connectivity index (χ0v) is 8.92. The van der Waals surface area contributed by atoms with Gasteiger partial charge in [0.2, 0.25) is 0 Å². The van der Waals surface area contributed by atoms with Crippen molar-refractivity contribution in [1.82, 2.24) is 15.5 Å². The first kappa shape index (κ1) is 10.9. The average Bonchev–Trinajstić information content (AvgIpc) is 2.19. The number of nitrogens with one attached hydrogen (secondary N) is 2. The molecule has 78 valence electrons. The number of nitrogens with zero attached hydrogens (tertiary/aromatic N) is 1. The van der Waals surface area contributed by atoms with Crippen LogP contribution in [0.2, 0.25) is 0 Å². The van der Waals surface area contributed by atoms with Gasteiger partial charge in [-0.1, -0.05) is 6.92 Å². The number of aromatic amines is 1. The molecule has 0 aromatic carbocycles. The molecule has 0 aliphatic carbocycles. The maximum atomic E-state index is 11.3. The second-order valence-corrected chi connectivity index (χ2v) is 3.55. The van der Waals surface area contributed by atoms with Gasteiger partial charge in [0.05, 0.1) is 5.69 Å². The second-order valence-electron chi connectivity index (χ2n) is 3.55. The van der Waals surface area contributed by atoms with Crippen LogP contribution in [-0.4, -0.2) is 16.2 Å². The Balaban J connectivity index is 2.67. The molecule has 0 radical (unpaired) electrons. The first-order chi connectivity index (χ1) is 6.63. The minimum Gasteiger partial charge on any atom is -0.310 e. The molecule has 1 unspecified atom stereocenters. The van der Waals surface area contributed by atoms with Crippen LogP contribution >= 0.6 is 0 Å². The molecule has 0 amide bonds. The molecule has 0 saturated carbocycles. The first-order valence-corrected chi connectivity index (χ1v) is 4.92. The molecule has 1 rings (SSSR count). The number of aromatic nitrogens is 2. The highest BCUT2D eigenvalue weighted by Crippen LogP contribution is 1.95. The third-order valence-corrected chi connectivity index (χ3v) is 2.26. The van der Waals surface area contributed by atoms with E-state index in [-0.39, 0.29) is 5.56 Å². The Hall–Kier alpha value is -1.16. The predicted octanol–water partition coefficient (Wildman–Crippen LogP) is 0.966. The Kier molecular flexibility index (Phi) is 3.83. The molecule has 0 saturated heterocycles. The predicted molar refractivity (Wildman–Crippen MR) is 56.2 cm³/mol. The lowest BCUT2D eigenvalue weighted by molar-refractivity contribution is 0.531. The van der Waals surface area contributed by atoms with Crippen molar-refractivity contribution in [2.75, 3.05) is 0 Å². The van der Waals surface area contributed by atoms with Crippen LogP contribution in [0.3, 0.4) is 0 Å². The van der Waals surface area contributed by atoms with E-state index in [1.54, 1.807) is 0 Å². The summed E-state index contributed by atoms with van der Waals surface area (Å²) in [5.41, 5.74) is 1.48. The molecule has 4 heteroatoms. The normalized spacial score (nSPS) is 12.8. The average molecular weight is 195 g/mol. The molecule has 2 N–H and O–H groups in total. The number of hydrogen-bond acceptors (Lipinski definition) is 3. The van der Waals surface area contributed by atoms with E-state index in [1.165, 1.54) is 0 Å². The SMILES string of the molecule is CCC(C)NCc1cc(C)n[nH]c1=O. The molecule has 4 nitrogen and oxygen atoms in total. The first-order valence-electron chi connectivity index (χ1n) is 4.92. The lowest BCUT2D eigenvalue weighted by Gasteiger charge is -2.10.